The number of carbonyl (C=O) groups is 2. The van der Waals surface area contributed by atoms with Gasteiger partial charge in [0.1, 0.15) is 6.61 Å². The van der Waals surface area contributed by atoms with E-state index in [0.717, 1.165) is 0 Å². The van der Waals surface area contributed by atoms with Gasteiger partial charge in [-0.1, -0.05) is 6.92 Å². The van der Waals surface area contributed by atoms with Crippen LogP contribution in [-0.4, -0.2) is 30.8 Å². The lowest BCUT2D eigenvalue weighted by atomic mass is 10.4. The first-order chi connectivity index (χ1) is 6.20. The highest BCUT2D eigenvalue weighted by Crippen LogP contribution is 1.85. The Balaban J connectivity index is 3.25. The van der Waals surface area contributed by atoms with Gasteiger partial charge in [0, 0.05) is 12.8 Å². The number of hydrogen-bond acceptors (Lipinski definition) is 4. The second-order valence-corrected chi connectivity index (χ2v) is 2.84. The third-order valence-electron chi connectivity index (χ3n) is 1.31. The Morgan fingerprint density at radius 2 is 2.15 bits per heavy atom. The normalized spacial score (nSPS) is 9.38. The van der Waals surface area contributed by atoms with Crippen molar-refractivity contribution in [1.82, 2.24) is 5.32 Å². The Labute approximate surface area is 83.4 Å². The summed E-state index contributed by atoms with van der Waals surface area (Å²) in [5.74, 6) is 0.214. The molecule has 0 heterocycles. The minimum atomic E-state index is -0.247. The molecule has 4 nitrogen and oxygen atoms in total. The summed E-state index contributed by atoms with van der Waals surface area (Å²) in [7, 11) is 0. The maximum atomic E-state index is 10.9. The molecular formula is C8H15NO3S. The van der Waals surface area contributed by atoms with Crippen LogP contribution in [0.1, 0.15) is 19.8 Å². The van der Waals surface area contributed by atoms with Crippen LogP contribution in [-0.2, 0) is 14.3 Å². The Morgan fingerprint density at radius 3 is 2.69 bits per heavy atom. The van der Waals surface area contributed by atoms with Gasteiger partial charge in [0.05, 0.1) is 6.54 Å². The highest BCUT2D eigenvalue weighted by atomic mass is 32.1. The van der Waals surface area contributed by atoms with E-state index in [9.17, 15) is 9.59 Å². The second kappa shape index (κ2) is 7.91. The van der Waals surface area contributed by atoms with Crippen LogP contribution < -0.4 is 5.32 Å². The predicted molar refractivity (Wildman–Crippen MR) is 52.7 cm³/mol. The Morgan fingerprint density at radius 1 is 1.46 bits per heavy atom. The molecule has 1 N–H and O–H groups in total. The second-order valence-electron chi connectivity index (χ2n) is 2.40. The van der Waals surface area contributed by atoms with Crippen molar-refractivity contribution in [2.24, 2.45) is 0 Å². The number of ether oxygens (including phenoxy) is 1. The van der Waals surface area contributed by atoms with Crippen LogP contribution >= 0.6 is 12.6 Å². The molecule has 0 atom stereocenters. The van der Waals surface area contributed by atoms with E-state index >= 15 is 0 Å². The van der Waals surface area contributed by atoms with Crippen molar-refractivity contribution in [2.75, 3.05) is 18.9 Å². The van der Waals surface area contributed by atoms with Gasteiger partial charge in [-0.15, -0.1) is 0 Å². The van der Waals surface area contributed by atoms with E-state index in [1.807, 2.05) is 0 Å². The number of amides is 1. The smallest absolute Gasteiger partial charge is 0.305 e. The highest BCUT2D eigenvalue weighted by Gasteiger charge is 2.00. The van der Waals surface area contributed by atoms with E-state index < -0.39 is 0 Å². The summed E-state index contributed by atoms with van der Waals surface area (Å²) in [5, 5.41) is 2.60. The van der Waals surface area contributed by atoms with Crippen molar-refractivity contribution >= 4 is 24.5 Å². The Kier molecular flexibility index (Phi) is 7.48. The summed E-state index contributed by atoms with van der Waals surface area (Å²) < 4.78 is 4.75. The van der Waals surface area contributed by atoms with Crippen molar-refractivity contribution in [1.29, 1.82) is 0 Å². The lowest BCUT2D eigenvalue weighted by Crippen LogP contribution is -2.27. The van der Waals surface area contributed by atoms with Gasteiger partial charge in [-0.05, 0) is 5.75 Å². The monoisotopic (exact) mass is 205 g/mol. The fourth-order valence-corrected chi connectivity index (χ4v) is 0.850. The number of nitrogens with one attached hydrogen (secondary N) is 1. The zero-order valence-corrected chi connectivity index (χ0v) is 8.60. The van der Waals surface area contributed by atoms with Crippen molar-refractivity contribution in [3.05, 3.63) is 0 Å². The third-order valence-corrected chi connectivity index (χ3v) is 1.54. The minimum Gasteiger partial charge on any atom is -0.464 e. The highest BCUT2D eigenvalue weighted by molar-refractivity contribution is 7.80. The van der Waals surface area contributed by atoms with E-state index in [0.29, 0.717) is 25.1 Å². The molecule has 0 fully saturated rings. The first kappa shape index (κ1) is 12.3. The van der Waals surface area contributed by atoms with E-state index in [1.54, 1.807) is 6.92 Å². The molecule has 0 rings (SSSR count). The van der Waals surface area contributed by atoms with E-state index in [4.69, 9.17) is 4.74 Å². The summed E-state index contributed by atoms with van der Waals surface area (Å²) in [6.07, 6.45) is 0.759. The quantitative estimate of drug-likeness (QED) is 0.374. The lowest BCUT2D eigenvalue weighted by Gasteiger charge is -2.04. The van der Waals surface area contributed by atoms with Crippen molar-refractivity contribution in [3.8, 4) is 0 Å². The summed E-state index contributed by atoms with van der Waals surface area (Å²) in [5.41, 5.74) is 0. The van der Waals surface area contributed by atoms with Crippen LogP contribution in [0.25, 0.3) is 0 Å². The van der Waals surface area contributed by atoms with E-state index in [-0.39, 0.29) is 18.5 Å². The molecule has 0 aromatic carbocycles. The molecule has 0 radical (unpaired) electrons. The van der Waals surface area contributed by atoms with Gasteiger partial charge < -0.3 is 10.1 Å². The SMILES string of the molecule is CCC(=O)OCCNC(=O)CCS. The first-order valence-corrected chi connectivity index (χ1v) is 4.87. The van der Waals surface area contributed by atoms with Crippen molar-refractivity contribution in [2.45, 2.75) is 19.8 Å². The van der Waals surface area contributed by atoms with Gasteiger partial charge in [0.15, 0.2) is 0 Å². The van der Waals surface area contributed by atoms with Gasteiger partial charge in [0.2, 0.25) is 5.91 Å². The van der Waals surface area contributed by atoms with Gasteiger partial charge in [-0.3, -0.25) is 9.59 Å². The van der Waals surface area contributed by atoms with Gasteiger partial charge in [-0.2, -0.15) is 12.6 Å². The third kappa shape index (κ3) is 7.64. The topological polar surface area (TPSA) is 55.4 Å². The molecule has 0 saturated heterocycles. The van der Waals surface area contributed by atoms with E-state index in [2.05, 4.69) is 17.9 Å². The van der Waals surface area contributed by atoms with Crippen molar-refractivity contribution in [3.63, 3.8) is 0 Å². The molecule has 76 valence electrons. The maximum Gasteiger partial charge on any atom is 0.305 e. The molecule has 0 aliphatic rings. The number of carbonyl (C=O) groups excluding carboxylic acids is 2. The zero-order chi connectivity index (χ0) is 10.1. The fourth-order valence-electron chi connectivity index (χ4n) is 0.647. The van der Waals surface area contributed by atoms with Crippen LogP contribution in [0.3, 0.4) is 0 Å². The predicted octanol–water partition coefficient (Wildman–Crippen LogP) is 0.376. The molecule has 0 aliphatic heterocycles. The van der Waals surface area contributed by atoms with E-state index in [1.165, 1.54) is 0 Å². The summed E-state index contributed by atoms with van der Waals surface area (Å²) >= 11 is 3.91. The molecule has 13 heavy (non-hydrogen) atoms. The molecular weight excluding hydrogens is 190 g/mol. The standard InChI is InChI=1S/C8H15NO3S/c1-2-8(11)12-5-4-9-7(10)3-6-13/h13H,2-6H2,1H3,(H,9,10). The average molecular weight is 205 g/mol. The lowest BCUT2D eigenvalue weighted by molar-refractivity contribution is -0.143. The zero-order valence-electron chi connectivity index (χ0n) is 7.71. The molecule has 0 aliphatic carbocycles. The number of esters is 1. The fraction of sp³-hybridized carbons (Fsp3) is 0.750. The summed E-state index contributed by atoms with van der Waals surface area (Å²) in [6.45, 7) is 2.34. The summed E-state index contributed by atoms with van der Waals surface area (Å²) in [4.78, 5) is 21.5. The number of rotatable bonds is 6. The van der Waals surface area contributed by atoms with Gasteiger partial charge in [0.25, 0.3) is 0 Å². The van der Waals surface area contributed by atoms with Crippen molar-refractivity contribution < 1.29 is 14.3 Å². The van der Waals surface area contributed by atoms with Gasteiger partial charge in [-0.25, -0.2) is 0 Å². The number of thiol groups is 1. The molecule has 0 unspecified atom stereocenters. The molecule has 1 amide bonds. The molecule has 0 spiro atoms. The maximum absolute atomic E-state index is 10.9. The van der Waals surface area contributed by atoms with Crippen LogP contribution in [0.15, 0.2) is 0 Å². The summed E-state index contributed by atoms with van der Waals surface area (Å²) in [6, 6.07) is 0. The Hall–Kier alpha value is -0.710. The molecule has 0 bridgehead atoms. The molecule has 5 heteroatoms. The largest absolute Gasteiger partial charge is 0.464 e. The van der Waals surface area contributed by atoms with Crippen LogP contribution in [0, 0.1) is 0 Å². The first-order valence-electron chi connectivity index (χ1n) is 4.24. The molecule has 0 aromatic rings. The molecule has 0 saturated carbocycles. The van der Waals surface area contributed by atoms with Gasteiger partial charge >= 0.3 is 5.97 Å². The Bertz CT molecular complexity index is 173. The molecule has 0 aromatic heterocycles. The van der Waals surface area contributed by atoms with Crippen LogP contribution in [0.4, 0.5) is 0 Å². The average Bonchev–Trinajstić information content (AvgIpc) is 2.12. The minimum absolute atomic E-state index is 0.0671. The van der Waals surface area contributed by atoms with Crippen LogP contribution in [0.2, 0.25) is 0 Å². The van der Waals surface area contributed by atoms with Crippen LogP contribution in [0.5, 0.6) is 0 Å². The number of hydrogen-bond donors (Lipinski definition) is 2.